The van der Waals surface area contributed by atoms with Gasteiger partial charge in [0.05, 0.1) is 6.54 Å². The van der Waals surface area contributed by atoms with Crippen LogP contribution in [0.25, 0.3) is 0 Å². The summed E-state index contributed by atoms with van der Waals surface area (Å²) in [6.45, 7) is 4.63. The van der Waals surface area contributed by atoms with Crippen LogP contribution in [0.3, 0.4) is 0 Å². The highest BCUT2D eigenvalue weighted by Gasteiger charge is 2.05. The van der Waals surface area contributed by atoms with Crippen molar-refractivity contribution < 1.29 is 9.13 Å². The van der Waals surface area contributed by atoms with E-state index in [0.717, 1.165) is 17.9 Å². The predicted molar refractivity (Wildman–Crippen MR) is 71.5 cm³/mol. The third-order valence-corrected chi connectivity index (χ3v) is 2.73. The Balaban J connectivity index is 1.94. The molecule has 1 N–H and O–H groups in total. The second kappa shape index (κ2) is 6.89. The smallest absolute Gasteiger partial charge is 0.124 e. The SMILES string of the molecule is CCNCc1cc(F)ccc1OCCn1cccn1. The van der Waals surface area contributed by atoms with E-state index in [4.69, 9.17) is 4.74 Å². The Bertz CT molecular complexity index is 499. The number of benzene rings is 1. The first-order valence-electron chi connectivity index (χ1n) is 6.39. The van der Waals surface area contributed by atoms with Crippen molar-refractivity contribution in [2.45, 2.75) is 20.0 Å². The Labute approximate surface area is 112 Å². The molecule has 0 aliphatic carbocycles. The molecule has 0 atom stereocenters. The molecular weight excluding hydrogens is 245 g/mol. The molecule has 5 heteroatoms. The molecule has 0 spiro atoms. The molecule has 0 aliphatic heterocycles. The number of halogens is 1. The lowest BCUT2D eigenvalue weighted by Crippen LogP contribution is -2.14. The van der Waals surface area contributed by atoms with Crippen molar-refractivity contribution in [2.75, 3.05) is 13.2 Å². The van der Waals surface area contributed by atoms with Gasteiger partial charge in [-0.25, -0.2) is 4.39 Å². The Hall–Kier alpha value is -1.88. The van der Waals surface area contributed by atoms with Crippen LogP contribution in [-0.4, -0.2) is 22.9 Å². The third-order valence-electron chi connectivity index (χ3n) is 2.73. The highest BCUT2D eigenvalue weighted by molar-refractivity contribution is 5.33. The molecule has 1 aromatic heterocycles. The van der Waals surface area contributed by atoms with E-state index < -0.39 is 0 Å². The fourth-order valence-corrected chi connectivity index (χ4v) is 1.77. The number of hydrogen-bond acceptors (Lipinski definition) is 3. The van der Waals surface area contributed by atoms with Gasteiger partial charge in [0.2, 0.25) is 0 Å². The van der Waals surface area contributed by atoms with Crippen molar-refractivity contribution >= 4 is 0 Å². The van der Waals surface area contributed by atoms with E-state index in [1.54, 1.807) is 16.9 Å². The van der Waals surface area contributed by atoms with Crippen molar-refractivity contribution in [3.05, 3.63) is 48.0 Å². The molecule has 102 valence electrons. The third kappa shape index (κ3) is 4.06. The van der Waals surface area contributed by atoms with Crippen molar-refractivity contribution in [3.63, 3.8) is 0 Å². The van der Waals surface area contributed by atoms with Gasteiger partial charge in [0.1, 0.15) is 18.2 Å². The van der Waals surface area contributed by atoms with Crippen LogP contribution in [0.1, 0.15) is 12.5 Å². The van der Waals surface area contributed by atoms with Crippen LogP contribution >= 0.6 is 0 Å². The van der Waals surface area contributed by atoms with Crippen LogP contribution in [-0.2, 0) is 13.1 Å². The summed E-state index contributed by atoms with van der Waals surface area (Å²) in [6, 6.07) is 6.46. The molecule has 0 radical (unpaired) electrons. The van der Waals surface area contributed by atoms with Gasteiger partial charge in [0.25, 0.3) is 0 Å². The summed E-state index contributed by atoms with van der Waals surface area (Å²) in [6.07, 6.45) is 3.61. The van der Waals surface area contributed by atoms with E-state index in [2.05, 4.69) is 10.4 Å². The highest BCUT2D eigenvalue weighted by atomic mass is 19.1. The largest absolute Gasteiger partial charge is 0.491 e. The molecular formula is C14H18FN3O. The molecule has 0 unspecified atom stereocenters. The first kappa shape index (κ1) is 13.5. The van der Waals surface area contributed by atoms with Gasteiger partial charge < -0.3 is 10.1 Å². The second-order valence-electron chi connectivity index (χ2n) is 4.15. The normalized spacial score (nSPS) is 10.6. The molecule has 1 heterocycles. The van der Waals surface area contributed by atoms with E-state index in [0.29, 0.717) is 19.7 Å². The molecule has 4 nitrogen and oxygen atoms in total. The Morgan fingerprint density at radius 1 is 1.42 bits per heavy atom. The zero-order valence-corrected chi connectivity index (χ0v) is 11.0. The fourth-order valence-electron chi connectivity index (χ4n) is 1.77. The van der Waals surface area contributed by atoms with Crippen LogP contribution < -0.4 is 10.1 Å². The Morgan fingerprint density at radius 3 is 3.05 bits per heavy atom. The van der Waals surface area contributed by atoms with Gasteiger partial charge in [-0.3, -0.25) is 4.68 Å². The van der Waals surface area contributed by atoms with Crippen LogP contribution in [0.5, 0.6) is 5.75 Å². The van der Waals surface area contributed by atoms with Crippen LogP contribution in [0, 0.1) is 5.82 Å². The summed E-state index contributed by atoms with van der Waals surface area (Å²) in [5.74, 6) is 0.474. The average Bonchev–Trinajstić information content (AvgIpc) is 2.91. The summed E-state index contributed by atoms with van der Waals surface area (Å²) >= 11 is 0. The number of aromatic nitrogens is 2. The van der Waals surface area contributed by atoms with Crippen LogP contribution in [0.2, 0.25) is 0 Å². The van der Waals surface area contributed by atoms with Gasteiger partial charge in [0, 0.05) is 24.5 Å². The lowest BCUT2D eigenvalue weighted by molar-refractivity contribution is 0.287. The summed E-state index contributed by atoms with van der Waals surface area (Å²) < 4.78 is 20.7. The summed E-state index contributed by atoms with van der Waals surface area (Å²) in [5.41, 5.74) is 0.835. The quantitative estimate of drug-likeness (QED) is 0.832. The van der Waals surface area contributed by atoms with Crippen LogP contribution in [0.15, 0.2) is 36.7 Å². The maximum atomic E-state index is 13.2. The minimum Gasteiger partial charge on any atom is -0.491 e. The molecule has 2 aromatic rings. The molecule has 1 aromatic carbocycles. The van der Waals surface area contributed by atoms with Gasteiger partial charge in [-0.15, -0.1) is 0 Å². The number of ether oxygens (including phenoxy) is 1. The van der Waals surface area contributed by atoms with Gasteiger partial charge >= 0.3 is 0 Å². The first-order valence-corrected chi connectivity index (χ1v) is 6.39. The summed E-state index contributed by atoms with van der Waals surface area (Å²) in [5, 5.41) is 7.27. The fraction of sp³-hybridized carbons (Fsp3) is 0.357. The first-order chi connectivity index (χ1) is 9.29. The zero-order valence-electron chi connectivity index (χ0n) is 11.0. The zero-order chi connectivity index (χ0) is 13.5. The summed E-state index contributed by atoms with van der Waals surface area (Å²) in [4.78, 5) is 0. The molecule has 0 saturated carbocycles. The standard InChI is InChI=1S/C14H18FN3O/c1-2-16-11-12-10-13(15)4-5-14(12)19-9-8-18-7-3-6-17-18/h3-7,10,16H,2,8-9,11H2,1H3. The molecule has 0 fully saturated rings. The van der Waals surface area contributed by atoms with E-state index >= 15 is 0 Å². The lowest BCUT2D eigenvalue weighted by Gasteiger charge is -2.12. The maximum absolute atomic E-state index is 13.2. The lowest BCUT2D eigenvalue weighted by atomic mass is 10.2. The Kier molecular flexibility index (Phi) is 4.92. The molecule has 19 heavy (non-hydrogen) atoms. The molecule has 0 bridgehead atoms. The minimum absolute atomic E-state index is 0.243. The minimum atomic E-state index is -0.243. The maximum Gasteiger partial charge on any atom is 0.124 e. The number of hydrogen-bond donors (Lipinski definition) is 1. The predicted octanol–water partition coefficient (Wildman–Crippen LogP) is 2.21. The van der Waals surface area contributed by atoms with Crippen molar-refractivity contribution in [2.24, 2.45) is 0 Å². The van der Waals surface area contributed by atoms with Gasteiger partial charge in [-0.2, -0.15) is 5.10 Å². The Morgan fingerprint density at radius 2 is 2.32 bits per heavy atom. The number of nitrogens with zero attached hydrogens (tertiary/aromatic N) is 2. The average molecular weight is 263 g/mol. The van der Waals surface area contributed by atoms with Crippen molar-refractivity contribution in [1.29, 1.82) is 0 Å². The number of nitrogens with one attached hydrogen (secondary N) is 1. The van der Waals surface area contributed by atoms with Crippen molar-refractivity contribution in [3.8, 4) is 5.75 Å². The molecule has 0 saturated heterocycles. The topological polar surface area (TPSA) is 39.1 Å². The second-order valence-corrected chi connectivity index (χ2v) is 4.15. The monoisotopic (exact) mass is 263 g/mol. The molecule has 0 amide bonds. The summed E-state index contributed by atoms with van der Waals surface area (Å²) in [7, 11) is 0. The van der Waals surface area contributed by atoms with Crippen LogP contribution in [0.4, 0.5) is 4.39 Å². The van der Waals surface area contributed by atoms with E-state index in [1.807, 2.05) is 19.2 Å². The van der Waals surface area contributed by atoms with Gasteiger partial charge in [0.15, 0.2) is 0 Å². The highest BCUT2D eigenvalue weighted by Crippen LogP contribution is 2.19. The van der Waals surface area contributed by atoms with Crippen molar-refractivity contribution in [1.82, 2.24) is 15.1 Å². The van der Waals surface area contributed by atoms with Gasteiger partial charge in [-0.05, 0) is 30.8 Å². The van der Waals surface area contributed by atoms with Gasteiger partial charge in [-0.1, -0.05) is 6.92 Å². The molecule has 2 rings (SSSR count). The van der Waals surface area contributed by atoms with E-state index in [9.17, 15) is 4.39 Å². The van der Waals surface area contributed by atoms with E-state index in [-0.39, 0.29) is 5.82 Å². The molecule has 0 aliphatic rings. The van der Waals surface area contributed by atoms with E-state index in [1.165, 1.54) is 12.1 Å². The number of rotatable bonds is 7.